The van der Waals surface area contributed by atoms with Crippen LogP contribution >= 0.6 is 23.2 Å². The second-order valence-corrected chi connectivity index (χ2v) is 6.14. The van der Waals surface area contributed by atoms with Crippen LogP contribution in [0.2, 0.25) is 10.0 Å². The SMILES string of the molecule is COc1ccc(CCNC(=O)/C(C#N)=C\Nc2ccc(Cl)cc2Cl)cc1. The maximum atomic E-state index is 12.1. The first-order valence-corrected chi connectivity index (χ1v) is 8.52. The number of ether oxygens (including phenoxy) is 1. The van der Waals surface area contributed by atoms with Crippen LogP contribution in [-0.4, -0.2) is 19.6 Å². The molecule has 0 aliphatic heterocycles. The molecular weight excluding hydrogens is 373 g/mol. The Morgan fingerprint density at radius 2 is 1.96 bits per heavy atom. The summed E-state index contributed by atoms with van der Waals surface area (Å²) in [6, 6.07) is 14.3. The van der Waals surface area contributed by atoms with Crippen LogP contribution in [0.4, 0.5) is 5.69 Å². The third-order valence-corrected chi connectivity index (χ3v) is 4.07. The summed E-state index contributed by atoms with van der Waals surface area (Å²) in [5.41, 5.74) is 1.56. The molecule has 0 heterocycles. The quantitative estimate of drug-likeness (QED) is 0.550. The monoisotopic (exact) mass is 389 g/mol. The van der Waals surface area contributed by atoms with E-state index in [0.717, 1.165) is 11.3 Å². The summed E-state index contributed by atoms with van der Waals surface area (Å²) in [5, 5.41) is 15.6. The number of carbonyl (C=O) groups is 1. The fraction of sp³-hybridized carbons (Fsp3) is 0.158. The van der Waals surface area contributed by atoms with Crippen LogP contribution in [0, 0.1) is 11.3 Å². The van der Waals surface area contributed by atoms with Gasteiger partial charge in [0.15, 0.2) is 0 Å². The van der Waals surface area contributed by atoms with Crippen molar-refractivity contribution in [2.45, 2.75) is 6.42 Å². The van der Waals surface area contributed by atoms with Crippen LogP contribution in [0.25, 0.3) is 0 Å². The highest BCUT2D eigenvalue weighted by atomic mass is 35.5. The van der Waals surface area contributed by atoms with Gasteiger partial charge in [-0.05, 0) is 42.3 Å². The normalized spacial score (nSPS) is 10.8. The Morgan fingerprint density at radius 3 is 2.58 bits per heavy atom. The molecule has 0 radical (unpaired) electrons. The topological polar surface area (TPSA) is 74.1 Å². The lowest BCUT2D eigenvalue weighted by molar-refractivity contribution is -0.117. The lowest BCUT2D eigenvalue weighted by atomic mass is 10.1. The van der Waals surface area contributed by atoms with Gasteiger partial charge >= 0.3 is 0 Å². The van der Waals surface area contributed by atoms with Gasteiger partial charge in [0.05, 0.1) is 17.8 Å². The number of carbonyl (C=O) groups excluding carboxylic acids is 1. The summed E-state index contributed by atoms with van der Waals surface area (Å²) < 4.78 is 5.10. The zero-order valence-corrected chi connectivity index (χ0v) is 15.6. The molecule has 5 nitrogen and oxygen atoms in total. The number of rotatable bonds is 7. The fourth-order valence-corrected chi connectivity index (χ4v) is 2.58. The largest absolute Gasteiger partial charge is 0.497 e. The zero-order valence-electron chi connectivity index (χ0n) is 14.1. The number of amides is 1. The molecule has 7 heteroatoms. The Labute approximate surface area is 162 Å². The average molecular weight is 390 g/mol. The highest BCUT2D eigenvalue weighted by Gasteiger charge is 2.09. The van der Waals surface area contributed by atoms with Crippen LogP contribution < -0.4 is 15.4 Å². The molecule has 2 N–H and O–H groups in total. The first kappa shape index (κ1) is 19.6. The molecule has 0 saturated carbocycles. The van der Waals surface area contributed by atoms with Gasteiger partial charge in [0.25, 0.3) is 5.91 Å². The van der Waals surface area contributed by atoms with Crippen LogP contribution in [0.15, 0.2) is 54.2 Å². The molecule has 0 fully saturated rings. The number of halogens is 2. The Morgan fingerprint density at radius 1 is 1.23 bits per heavy atom. The summed E-state index contributed by atoms with van der Waals surface area (Å²) in [4.78, 5) is 12.1. The molecule has 0 aliphatic rings. The molecule has 2 aromatic carbocycles. The number of methoxy groups -OCH3 is 1. The van der Waals surface area contributed by atoms with Gasteiger partial charge in [-0.2, -0.15) is 5.26 Å². The molecule has 0 spiro atoms. The van der Waals surface area contributed by atoms with E-state index in [0.29, 0.717) is 28.7 Å². The van der Waals surface area contributed by atoms with E-state index in [-0.39, 0.29) is 5.57 Å². The predicted octanol–water partition coefficient (Wildman–Crippen LogP) is 4.18. The molecule has 2 aromatic rings. The van der Waals surface area contributed by atoms with E-state index in [1.165, 1.54) is 6.20 Å². The van der Waals surface area contributed by atoms with E-state index < -0.39 is 5.91 Å². The maximum Gasteiger partial charge on any atom is 0.263 e. The fourth-order valence-electron chi connectivity index (χ4n) is 2.11. The minimum Gasteiger partial charge on any atom is -0.497 e. The van der Waals surface area contributed by atoms with Crippen LogP contribution in [-0.2, 0) is 11.2 Å². The molecular formula is C19H17Cl2N3O2. The van der Waals surface area contributed by atoms with E-state index in [1.54, 1.807) is 25.3 Å². The second kappa shape index (κ2) is 9.71. The van der Waals surface area contributed by atoms with Gasteiger partial charge in [0.1, 0.15) is 17.4 Å². The van der Waals surface area contributed by atoms with Crippen molar-refractivity contribution < 1.29 is 9.53 Å². The Kier molecular flexibility index (Phi) is 7.34. The van der Waals surface area contributed by atoms with Gasteiger partial charge in [-0.3, -0.25) is 4.79 Å². The van der Waals surface area contributed by atoms with Crippen LogP contribution in [0.3, 0.4) is 0 Å². The Balaban J connectivity index is 1.90. The van der Waals surface area contributed by atoms with Crippen molar-refractivity contribution in [3.05, 3.63) is 69.8 Å². The van der Waals surface area contributed by atoms with E-state index in [9.17, 15) is 10.1 Å². The van der Waals surface area contributed by atoms with Crippen molar-refractivity contribution >= 4 is 34.8 Å². The molecule has 1 amide bonds. The second-order valence-electron chi connectivity index (χ2n) is 5.29. The van der Waals surface area contributed by atoms with Crippen molar-refractivity contribution in [1.82, 2.24) is 5.32 Å². The number of anilines is 1. The molecule has 0 aliphatic carbocycles. The molecule has 0 saturated heterocycles. The van der Waals surface area contributed by atoms with Crippen LogP contribution in [0.1, 0.15) is 5.56 Å². The minimum absolute atomic E-state index is 0.0502. The van der Waals surface area contributed by atoms with E-state index >= 15 is 0 Å². The standard InChI is InChI=1S/C19H17Cl2N3O2/c1-26-16-5-2-13(3-6-16)8-9-23-19(25)14(11-22)12-24-18-7-4-15(20)10-17(18)21/h2-7,10,12,24H,8-9H2,1H3,(H,23,25)/b14-12-. The first-order valence-electron chi connectivity index (χ1n) is 7.76. The summed E-state index contributed by atoms with van der Waals surface area (Å²) in [6.45, 7) is 0.409. The Hall–Kier alpha value is -2.68. The molecule has 0 bridgehead atoms. The van der Waals surface area contributed by atoms with Crippen molar-refractivity contribution in [2.24, 2.45) is 0 Å². The summed E-state index contributed by atoms with van der Waals surface area (Å²) in [6.07, 6.45) is 1.96. The van der Waals surface area contributed by atoms with Gasteiger partial charge in [-0.1, -0.05) is 35.3 Å². The van der Waals surface area contributed by atoms with Gasteiger partial charge in [-0.25, -0.2) is 0 Å². The van der Waals surface area contributed by atoms with Gasteiger partial charge in [0.2, 0.25) is 0 Å². The van der Waals surface area contributed by atoms with E-state index in [4.69, 9.17) is 27.9 Å². The minimum atomic E-state index is -0.460. The number of nitriles is 1. The smallest absolute Gasteiger partial charge is 0.263 e. The lowest BCUT2D eigenvalue weighted by Gasteiger charge is -2.07. The molecule has 26 heavy (non-hydrogen) atoms. The van der Waals surface area contributed by atoms with Gasteiger partial charge in [-0.15, -0.1) is 0 Å². The molecule has 0 unspecified atom stereocenters. The molecule has 2 rings (SSSR count). The van der Waals surface area contributed by atoms with E-state index in [2.05, 4.69) is 10.6 Å². The third kappa shape index (κ3) is 5.69. The molecule has 134 valence electrons. The molecule has 0 atom stereocenters. The van der Waals surface area contributed by atoms with Crippen LogP contribution in [0.5, 0.6) is 5.75 Å². The third-order valence-electron chi connectivity index (χ3n) is 3.53. The summed E-state index contributed by atoms with van der Waals surface area (Å²) in [5.74, 6) is 0.318. The summed E-state index contributed by atoms with van der Waals surface area (Å²) >= 11 is 11.9. The van der Waals surface area contributed by atoms with Crippen molar-refractivity contribution in [3.8, 4) is 11.8 Å². The van der Waals surface area contributed by atoms with Crippen molar-refractivity contribution in [1.29, 1.82) is 5.26 Å². The lowest BCUT2D eigenvalue weighted by Crippen LogP contribution is -2.27. The van der Waals surface area contributed by atoms with Crippen molar-refractivity contribution in [3.63, 3.8) is 0 Å². The number of hydrogen-bond donors (Lipinski definition) is 2. The van der Waals surface area contributed by atoms with Gasteiger partial charge in [0, 0.05) is 17.8 Å². The number of nitrogens with zero attached hydrogens (tertiary/aromatic N) is 1. The number of nitrogens with one attached hydrogen (secondary N) is 2. The highest BCUT2D eigenvalue weighted by molar-refractivity contribution is 6.36. The predicted molar refractivity (Wildman–Crippen MR) is 103 cm³/mol. The highest BCUT2D eigenvalue weighted by Crippen LogP contribution is 2.25. The number of hydrogen-bond acceptors (Lipinski definition) is 4. The molecule has 0 aromatic heterocycles. The maximum absolute atomic E-state index is 12.1. The van der Waals surface area contributed by atoms with E-state index in [1.807, 2.05) is 30.3 Å². The zero-order chi connectivity index (χ0) is 18.9. The van der Waals surface area contributed by atoms with Gasteiger partial charge < -0.3 is 15.4 Å². The van der Waals surface area contributed by atoms with Crippen molar-refractivity contribution in [2.75, 3.05) is 19.0 Å². The average Bonchev–Trinajstić information content (AvgIpc) is 2.64. The number of benzene rings is 2. The Bertz CT molecular complexity index is 843. The summed E-state index contributed by atoms with van der Waals surface area (Å²) in [7, 11) is 1.61. The first-order chi connectivity index (χ1) is 12.5.